The molecule has 4 heteroatoms. The minimum atomic E-state index is -0.281. The lowest BCUT2D eigenvalue weighted by Crippen LogP contribution is -2.34. The molecule has 1 N–H and O–H groups in total. The molecule has 0 amide bonds. The number of piperidine rings is 1. The lowest BCUT2D eigenvalue weighted by molar-refractivity contribution is 0.215. The fourth-order valence-corrected chi connectivity index (χ4v) is 4.87. The Bertz CT molecular complexity index is 1170. The predicted octanol–water partition coefficient (Wildman–Crippen LogP) is 6.54. The molecule has 0 atom stereocenters. The molecule has 1 aliphatic rings. The zero-order valence-electron chi connectivity index (χ0n) is 17.5. The first-order chi connectivity index (χ1) is 15.2. The number of likely N-dealkylation sites (tertiary alicyclic amines) is 1. The van der Waals surface area contributed by atoms with Crippen molar-refractivity contribution in [2.24, 2.45) is 0 Å². The van der Waals surface area contributed by atoms with Gasteiger partial charge in [-0.3, -0.25) is 0 Å². The normalized spacial score (nSPS) is 15.5. The number of hydrogen-bond donors (Lipinski definition) is 1. The van der Waals surface area contributed by atoms with Crippen LogP contribution in [0.3, 0.4) is 0 Å². The van der Waals surface area contributed by atoms with E-state index in [-0.39, 0.29) is 11.6 Å². The maximum Gasteiger partial charge on any atom is 0.132 e. The van der Waals surface area contributed by atoms with E-state index >= 15 is 0 Å². The van der Waals surface area contributed by atoms with Gasteiger partial charge in [-0.15, -0.1) is 0 Å². The van der Waals surface area contributed by atoms with Crippen LogP contribution < -0.4 is 0 Å². The van der Waals surface area contributed by atoms with E-state index in [1.54, 1.807) is 12.1 Å². The largest absolute Gasteiger partial charge is 0.354 e. The second-order valence-corrected chi connectivity index (χ2v) is 8.43. The summed E-state index contributed by atoms with van der Waals surface area (Å²) in [5, 5.41) is 1.00. The van der Waals surface area contributed by atoms with Crippen molar-refractivity contribution in [3.63, 3.8) is 0 Å². The number of rotatable bonds is 5. The van der Waals surface area contributed by atoms with Crippen molar-refractivity contribution < 1.29 is 8.78 Å². The second-order valence-electron chi connectivity index (χ2n) is 8.43. The lowest BCUT2D eigenvalue weighted by atomic mass is 9.86. The Morgan fingerprint density at radius 3 is 2.39 bits per heavy atom. The molecule has 0 bridgehead atoms. The number of H-pyrrole nitrogens is 1. The minimum absolute atomic E-state index is 0.254. The van der Waals surface area contributed by atoms with Crippen LogP contribution >= 0.6 is 0 Å². The van der Waals surface area contributed by atoms with Crippen LogP contribution in [0.25, 0.3) is 22.2 Å². The van der Waals surface area contributed by atoms with E-state index in [2.05, 4.69) is 40.2 Å². The summed E-state index contributed by atoms with van der Waals surface area (Å²) in [5.74, 6) is -0.214. The molecule has 4 aromatic rings. The Labute approximate surface area is 181 Å². The summed E-state index contributed by atoms with van der Waals surface area (Å²) in [6, 6.07) is 22.3. The third-order valence-corrected chi connectivity index (χ3v) is 6.50. The molecule has 0 aliphatic carbocycles. The third-order valence-electron chi connectivity index (χ3n) is 6.50. The van der Waals surface area contributed by atoms with Gasteiger partial charge in [-0.25, -0.2) is 8.78 Å². The molecule has 3 aromatic carbocycles. The highest BCUT2D eigenvalue weighted by molar-refractivity contribution is 5.91. The van der Waals surface area contributed by atoms with E-state index in [1.807, 2.05) is 12.1 Å². The molecule has 2 heterocycles. The molecule has 1 fully saturated rings. The average Bonchev–Trinajstić information content (AvgIpc) is 3.17. The maximum atomic E-state index is 14.7. The van der Waals surface area contributed by atoms with E-state index in [0.717, 1.165) is 61.1 Å². The first-order valence-electron chi connectivity index (χ1n) is 11.0. The summed E-state index contributed by atoms with van der Waals surface area (Å²) in [4.78, 5) is 5.84. The number of hydrogen-bond acceptors (Lipinski definition) is 1. The zero-order valence-corrected chi connectivity index (χ0v) is 17.5. The molecule has 0 radical (unpaired) electrons. The predicted molar refractivity (Wildman–Crippen MR) is 122 cm³/mol. The molecule has 1 saturated heterocycles. The molecule has 0 spiro atoms. The van der Waals surface area contributed by atoms with Crippen molar-refractivity contribution in [1.29, 1.82) is 0 Å². The third kappa shape index (κ3) is 4.13. The quantitative estimate of drug-likeness (QED) is 0.392. The lowest BCUT2D eigenvalue weighted by Gasteiger charge is -2.32. The fourth-order valence-electron chi connectivity index (χ4n) is 4.87. The van der Waals surface area contributed by atoms with Gasteiger partial charge < -0.3 is 9.88 Å². The number of benzene rings is 3. The Morgan fingerprint density at radius 2 is 1.61 bits per heavy atom. The molecule has 1 aliphatic heterocycles. The van der Waals surface area contributed by atoms with Crippen LogP contribution in [0.1, 0.15) is 29.9 Å². The van der Waals surface area contributed by atoms with Gasteiger partial charge in [-0.2, -0.15) is 0 Å². The maximum absolute atomic E-state index is 14.7. The van der Waals surface area contributed by atoms with Crippen molar-refractivity contribution in [2.45, 2.75) is 25.2 Å². The standard InChI is InChI=1S/C27H26F2N2/c28-21-10-11-23-25(18-21)30-27(22-8-4-5-9-24(22)29)26(23)20-13-16-31(17-14-20)15-12-19-6-2-1-3-7-19/h1-11,18,20,30H,12-17H2. The van der Waals surface area contributed by atoms with Crippen LogP contribution in [0.4, 0.5) is 8.78 Å². The summed E-state index contributed by atoms with van der Waals surface area (Å²) in [7, 11) is 0. The number of nitrogens with one attached hydrogen (secondary N) is 1. The Balaban J connectivity index is 1.40. The highest BCUT2D eigenvalue weighted by atomic mass is 19.1. The van der Waals surface area contributed by atoms with Crippen molar-refractivity contribution in [3.05, 3.63) is 95.6 Å². The SMILES string of the molecule is Fc1ccc2c(C3CCN(CCc4ccccc4)CC3)c(-c3ccccc3F)[nH]c2c1. The monoisotopic (exact) mass is 416 g/mol. The van der Waals surface area contributed by atoms with E-state index in [4.69, 9.17) is 0 Å². The molecule has 158 valence electrons. The van der Waals surface area contributed by atoms with E-state index < -0.39 is 0 Å². The molecular weight excluding hydrogens is 390 g/mol. The first-order valence-corrected chi connectivity index (χ1v) is 11.0. The van der Waals surface area contributed by atoms with Crippen molar-refractivity contribution in [2.75, 3.05) is 19.6 Å². The smallest absolute Gasteiger partial charge is 0.132 e. The number of halogens is 2. The van der Waals surface area contributed by atoms with Crippen LogP contribution in [0.15, 0.2) is 72.8 Å². The van der Waals surface area contributed by atoms with Crippen LogP contribution in [0.5, 0.6) is 0 Å². The van der Waals surface area contributed by atoms with Gasteiger partial charge in [0.1, 0.15) is 11.6 Å². The molecule has 1 aromatic heterocycles. The van der Waals surface area contributed by atoms with Crippen LogP contribution in [-0.4, -0.2) is 29.5 Å². The first kappa shape index (κ1) is 20.0. The molecular formula is C27H26F2N2. The summed E-state index contributed by atoms with van der Waals surface area (Å²) in [6.07, 6.45) is 3.08. The van der Waals surface area contributed by atoms with Crippen molar-refractivity contribution in [1.82, 2.24) is 9.88 Å². The summed E-state index contributed by atoms with van der Waals surface area (Å²) in [5.41, 5.74) is 4.58. The highest BCUT2D eigenvalue weighted by Gasteiger charge is 2.27. The van der Waals surface area contributed by atoms with E-state index in [9.17, 15) is 8.78 Å². The van der Waals surface area contributed by atoms with Gasteiger partial charge in [0.05, 0.1) is 5.69 Å². The number of fused-ring (bicyclic) bond motifs is 1. The number of aromatic amines is 1. The fraction of sp³-hybridized carbons (Fsp3) is 0.259. The molecule has 31 heavy (non-hydrogen) atoms. The topological polar surface area (TPSA) is 19.0 Å². The molecule has 0 unspecified atom stereocenters. The molecule has 2 nitrogen and oxygen atoms in total. The van der Waals surface area contributed by atoms with Gasteiger partial charge in [-0.05, 0) is 79.7 Å². The minimum Gasteiger partial charge on any atom is -0.354 e. The van der Waals surface area contributed by atoms with Crippen molar-refractivity contribution in [3.8, 4) is 11.3 Å². The Morgan fingerprint density at radius 1 is 0.871 bits per heavy atom. The number of nitrogens with zero attached hydrogens (tertiary/aromatic N) is 1. The van der Waals surface area contributed by atoms with Crippen LogP contribution in [-0.2, 0) is 6.42 Å². The molecule has 0 saturated carbocycles. The Hall–Kier alpha value is -2.98. The van der Waals surface area contributed by atoms with E-state index in [1.165, 1.54) is 23.8 Å². The van der Waals surface area contributed by atoms with Gasteiger partial charge >= 0.3 is 0 Å². The van der Waals surface area contributed by atoms with Gasteiger partial charge in [0.15, 0.2) is 0 Å². The highest BCUT2D eigenvalue weighted by Crippen LogP contribution is 2.41. The number of aromatic nitrogens is 1. The van der Waals surface area contributed by atoms with Gasteiger partial charge in [-0.1, -0.05) is 42.5 Å². The zero-order chi connectivity index (χ0) is 21.2. The van der Waals surface area contributed by atoms with Crippen LogP contribution in [0.2, 0.25) is 0 Å². The van der Waals surface area contributed by atoms with Gasteiger partial charge in [0, 0.05) is 23.0 Å². The summed E-state index contributed by atoms with van der Waals surface area (Å²) >= 11 is 0. The average molecular weight is 417 g/mol. The Kier molecular flexibility index (Phi) is 5.56. The van der Waals surface area contributed by atoms with E-state index in [0.29, 0.717) is 11.5 Å². The van der Waals surface area contributed by atoms with Crippen molar-refractivity contribution >= 4 is 10.9 Å². The summed E-state index contributed by atoms with van der Waals surface area (Å²) in [6.45, 7) is 3.08. The second kappa shape index (κ2) is 8.64. The summed E-state index contributed by atoms with van der Waals surface area (Å²) < 4.78 is 28.5. The van der Waals surface area contributed by atoms with Gasteiger partial charge in [0.25, 0.3) is 0 Å². The van der Waals surface area contributed by atoms with Gasteiger partial charge in [0.2, 0.25) is 0 Å². The van der Waals surface area contributed by atoms with Crippen LogP contribution in [0, 0.1) is 11.6 Å². The molecule has 5 rings (SSSR count).